The Morgan fingerprint density at radius 3 is 2.42 bits per heavy atom. The Bertz CT molecular complexity index is 694. The van der Waals surface area contributed by atoms with Gasteiger partial charge < -0.3 is 0 Å². The van der Waals surface area contributed by atoms with Crippen LogP contribution in [0.2, 0.25) is 0 Å². The Morgan fingerprint density at radius 1 is 0.917 bits per heavy atom. The van der Waals surface area contributed by atoms with E-state index in [2.05, 4.69) is 0 Å². The summed E-state index contributed by atoms with van der Waals surface area (Å²) < 4.78 is 41.8. The number of hydrogen-bond donors (Lipinski definition) is 0. The van der Waals surface area contributed by atoms with Gasteiger partial charge in [-0.25, -0.2) is 0 Å². The van der Waals surface area contributed by atoms with Crippen molar-refractivity contribution in [3.63, 3.8) is 0 Å². The van der Waals surface area contributed by atoms with Crippen molar-refractivity contribution in [3.05, 3.63) is 65.8 Å². The van der Waals surface area contributed by atoms with Gasteiger partial charge in [0, 0.05) is 5.92 Å². The number of fused-ring (bicyclic) bond motifs is 2. The maximum Gasteiger partial charge on any atom is 0.392 e. The molecule has 0 aromatic heterocycles. The van der Waals surface area contributed by atoms with Crippen molar-refractivity contribution in [1.29, 1.82) is 0 Å². The van der Waals surface area contributed by atoms with Crippen LogP contribution >= 0.6 is 0 Å². The van der Waals surface area contributed by atoms with E-state index in [1.807, 2.05) is 42.5 Å². The molecule has 1 saturated carbocycles. The quantitative estimate of drug-likeness (QED) is 0.576. The minimum absolute atomic E-state index is 0.0233. The zero-order valence-corrected chi connectivity index (χ0v) is 13.5. The summed E-state index contributed by atoms with van der Waals surface area (Å²) in [6.45, 7) is 0. The highest BCUT2D eigenvalue weighted by molar-refractivity contribution is 5.75. The van der Waals surface area contributed by atoms with E-state index in [4.69, 9.17) is 0 Å². The average Bonchev–Trinajstić information content (AvgIpc) is 2.59. The van der Waals surface area contributed by atoms with Gasteiger partial charge in [-0.1, -0.05) is 67.5 Å². The van der Waals surface area contributed by atoms with Crippen molar-refractivity contribution >= 4 is 5.57 Å². The highest BCUT2D eigenvalue weighted by Crippen LogP contribution is 2.57. The van der Waals surface area contributed by atoms with Crippen molar-refractivity contribution in [1.82, 2.24) is 0 Å². The molecule has 1 fully saturated rings. The SMILES string of the molecule is FC(F)(F)C1C2C=CC=CC2=C(c2ccccc2)C2CCCCC21. The summed E-state index contributed by atoms with van der Waals surface area (Å²) in [6.07, 6.45) is 6.69. The van der Waals surface area contributed by atoms with Gasteiger partial charge in [-0.05, 0) is 41.4 Å². The van der Waals surface area contributed by atoms with E-state index in [1.54, 1.807) is 12.2 Å². The standard InChI is InChI=1S/C21H21F3/c22-21(23,24)20-17-12-6-4-10-15(17)19(14-8-2-1-3-9-14)16-11-5-7-13-18(16)20/h1-4,6,8-10,12,16-18,20H,5,7,11,13H2. The molecular weight excluding hydrogens is 309 g/mol. The lowest BCUT2D eigenvalue weighted by atomic mass is 9.57. The molecule has 1 aromatic rings. The van der Waals surface area contributed by atoms with E-state index >= 15 is 0 Å². The van der Waals surface area contributed by atoms with Crippen molar-refractivity contribution < 1.29 is 13.2 Å². The van der Waals surface area contributed by atoms with Gasteiger partial charge in [0.05, 0.1) is 5.92 Å². The maximum absolute atomic E-state index is 13.9. The van der Waals surface area contributed by atoms with Gasteiger partial charge in [0.2, 0.25) is 0 Å². The molecule has 3 aliphatic carbocycles. The number of hydrogen-bond acceptors (Lipinski definition) is 0. The van der Waals surface area contributed by atoms with Crippen LogP contribution in [-0.4, -0.2) is 6.18 Å². The van der Waals surface area contributed by atoms with Gasteiger partial charge in [-0.2, -0.15) is 13.2 Å². The second-order valence-corrected chi connectivity index (χ2v) is 7.13. The van der Waals surface area contributed by atoms with Crippen molar-refractivity contribution in [2.45, 2.75) is 31.9 Å². The highest BCUT2D eigenvalue weighted by atomic mass is 19.4. The van der Waals surface area contributed by atoms with E-state index in [0.29, 0.717) is 6.42 Å². The maximum atomic E-state index is 13.9. The Morgan fingerprint density at radius 2 is 1.67 bits per heavy atom. The van der Waals surface area contributed by atoms with Crippen LogP contribution in [-0.2, 0) is 0 Å². The van der Waals surface area contributed by atoms with Crippen molar-refractivity contribution in [2.24, 2.45) is 23.7 Å². The lowest BCUT2D eigenvalue weighted by molar-refractivity contribution is -0.204. The Labute approximate surface area is 140 Å². The van der Waals surface area contributed by atoms with Gasteiger partial charge >= 0.3 is 6.18 Å². The molecule has 0 N–H and O–H groups in total. The summed E-state index contributed by atoms with van der Waals surface area (Å²) in [6, 6.07) is 10.0. The topological polar surface area (TPSA) is 0 Å². The van der Waals surface area contributed by atoms with Crippen LogP contribution in [0.4, 0.5) is 13.2 Å². The molecule has 0 aliphatic heterocycles. The van der Waals surface area contributed by atoms with E-state index in [-0.39, 0.29) is 11.8 Å². The molecule has 24 heavy (non-hydrogen) atoms. The molecule has 0 bridgehead atoms. The predicted molar refractivity (Wildman–Crippen MR) is 90.1 cm³/mol. The van der Waals surface area contributed by atoms with E-state index in [1.165, 1.54) is 0 Å². The first-order valence-electron chi connectivity index (χ1n) is 8.78. The van der Waals surface area contributed by atoms with Crippen LogP contribution in [0.1, 0.15) is 31.2 Å². The third-order valence-electron chi connectivity index (χ3n) is 5.88. The molecule has 4 atom stereocenters. The van der Waals surface area contributed by atoms with Crippen LogP contribution in [0.3, 0.4) is 0 Å². The number of alkyl halides is 3. The normalized spacial score (nSPS) is 32.5. The molecular formula is C21H21F3. The zero-order chi connectivity index (χ0) is 16.7. The first-order chi connectivity index (χ1) is 11.6. The lowest BCUT2D eigenvalue weighted by Gasteiger charge is -2.48. The third kappa shape index (κ3) is 2.54. The van der Waals surface area contributed by atoms with Gasteiger partial charge in [-0.15, -0.1) is 0 Å². The average molecular weight is 330 g/mol. The molecule has 4 rings (SSSR count). The summed E-state index contributed by atoms with van der Waals surface area (Å²) in [5.41, 5.74) is 3.13. The van der Waals surface area contributed by atoms with E-state index in [0.717, 1.165) is 36.0 Å². The van der Waals surface area contributed by atoms with Gasteiger partial charge in [0.15, 0.2) is 0 Å². The second-order valence-electron chi connectivity index (χ2n) is 7.13. The molecule has 3 heteroatoms. The van der Waals surface area contributed by atoms with Crippen LogP contribution in [0.15, 0.2) is 60.2 Å². The molecule has 0 heterocycles. The zero-order valence-electron chi connectivity index (χ0n) is 13.5. The molecule has 0 nitrogen and oxygen atoms in total. The number of rotatable bonds is 1. The molecule has 3 aliphatic rings. The predicted octanol–water partition coefficient (Wildman–Crippen LogP) is 6.18. The molecule has 0 spiro atoms. The summed E-state index contributed by atoms with van der Waals surface area (Å²) in [4.78, 5) is 0. The smallest absolute Gasteiger partial charge is 0.171 e. The number of halogens is 3. The van der Waals surface area contributed by atoms with Crippen molar-refractivity contribution in [2.75, 3.05) is 0 Å². The summed E-state index contributed by atoms with van der Waals surface area (Å²) >= 11 is 0. The second kappa shape index (κ2) is 5.94. The Hall–Kier alpha value is -1.77. The summed E-state index contributed by atoms with van der Waals surface area (Å²) in [5, 5.41) is 0. The molecule has 0 radical (unpaired) electrons. The first-order valence-corrected chi connectivity index (χ1v) is 8.78. The molecule has 1 aromatic carbocycles. The van der Waals surface area contributed by atoms with Crippen LogP contribution in [0.25, 0.3) is 5.57 Å². The molecule has 0 amide bonds. The van der Waals surface area contributed by atoms with Crippen LogP contribution < -0.4 is 0 Å². The fourth-order valence-corrected chi connectivity index (χ4v) is 5.01. The molecule has 4 unspecified atom stereocenters. The minimum Gasteiger partial charge on any atom is -0.171 e. The highest BCUT2D eigenvalue weighted by Gasteiger charge is 2.55. The molecule has 126 valence electrons. The summed E-state index contributed by atoms with van der Waals surface area (Å²) in [7, 11) is 0. The van der Waals surface area contributed by atoms with E-state index < -0.39 is 18.0 Å². The van der Waals surface area contributed by atoms with Gasteiger partial charge in [0.25, 0.3) is 0 Å². The van der Waals surface area contributed by atoms with Gasteiger partial charge in [-0.3, -0.25) is 0 Å². The third-order valence-corrected chi connectivity index (χ3v) is 5.88. The Balaban J connectivity index is 1.91. The fraction of sp³-hybridized carbons (Fsp3) is 0.429. The van der Waals surface area contributed by atoms with E-state index in [9.17, 15) is 13.2 Å². The fourth-order valence-electron chi connectivity index (χ4n) is 5.01. The number of allylic oxidation sites excluding steroid dienone is 6. The Kier molecular flexibility index (Phi) is 3.90. The molecule has 0 saturated heterocycles. The van der Waals surface area contributed by atoms with Crippen LogP contribution in [0.5, 0.6) is 0 Å². The monoisotopic (exact) mass is 330 g/mol. The first kappa shape index (κ1) is 15.7. The van der Waals surface area contributed by atoms with Crippen LogP contribution in [0, 0.1) is 23.7 Å². The van der Waals surface area contributed by atoms with Crippen molar-refractivity contribution in [3.8, 4) is 0 Å². The number of benzene rings is 1. The largest absolute Gasteiger partial charge is 0.392 e. The lowest BCUT2D eigenvalue weighted by Crippen LogP contribution is -2.45. The summed E-state index contributed by atoms with van der Waals surface area (Å²) in [5.74, 6) is -2.05. The minimum atomic E-state index is -4.14. The van der Waals surface area contributed by atoms with Gasteiger partial charge in [0.1, 0.15) is 0 Å².